The van der Waals surface area contributed by atoms with Crippen molar-refractivity contribution in [1.29, 1.82) is 0 Å². The van der Waals surface area contributed by atoms with Crippen LogP contribution in [0, 0.1) is 26.6 Å². The van der Waals surface area contributed by atoms with Crippen molar-refractivity contribution in [2.75, 3.05) is 36.4 Å². The molecule has 3 aromatic rings. The average molecular weight is 409 g/mol. The number of rotatable bonds is 3. The predicted molar refractivity (Wildman–Crippen MR) is 113 cm³/mol. The summed E-state index contributed by atoms with van der Waals surface area (Å²) in [5.41, 5.74) is 3.75. The second-order valence-electron chi connectivity index (χ2n) is 7.37. The molecule has 1 aliphatic rings. The molecule has 4 rings (SSSR count). The van der Waals surface area contributed by atoms with Crippen molar-refractivity contribution >= 4 is 17.5 Å². The number of piperazine rings is 1. The third kappa shape index (κ3) is 3.96. The number of amides is 2. The minimum Gasteiger partial charge on any atom is -0.352 e. The number of hydrogen-bond donors (Lipinski definition) is 1. The van der Waals surface area contributed by atoms with Gasteiger partial charge in [-0.1, -0.05) is 0 Å². The standard InChI is InChI=1S/C21H24FN7O/c1-14-15(2)26-29(16(14)3)20-9-8-19(24-25-20)27-10-12-28(13-11-27)21(30)23-18-6-4-17(22)5-7-18/h4-9H,10-13H2,1-3H3,(H,23,30). The molecule has 0 unspecified atom stereocenters. The number of aryl methyl sites for hydroxylation is 1. The lowest BCUT2D eigenvalue weighted by molar-refractivity contribution is 0.208. The number of benzene rings is 1. The zero-order chi connectivity index (χ0) is 21.3. The van der Waals surface area contributed by atoms with Crippen LogP contribution in [0.3, 0.4) is 0 Å². The van der Waals surface area contributed by atoms with Crippen LogP contribution in [0.5, 0.6) is 0 Å². The van der Waals surface area contributed by atoms with Crippen LogP contribution in [0.15, 0.2) is 36.4 Å². The largest absolute Gasteiger partial charge is 0.352 e. The van der Waals surface area contributed by atoms with Gasteiger partial charge < -0.3 is 15.1 Å². The second kappa shape index (κ2) is 8.10. The number of carbonyl (C=O) groups is 1. The van der Waals surface area contributed by atoms with Crippen LogP contribution in [-0.2, 0) is 0 Å². The lowest BCUT2D eigenvalue weighted by atomic mass is 10.2. The Labute approximate surface area is 174 Å². The van der Waals surface area contributed by atoms with E-state index in [0.717, 1.165) is 22.8 Å². The summed E-state index contributed by atoms with van der Waals surface area (Å²) in [7, 11) is 0. The number of halogens is 1. The van der Waals surface area contributed by atoms with E-state index in [-0.39, 0.29) is 11.8 Å². The lowest BCUT2D eigenvalue weighted by Gasteiger charge is -2.35. The van der Waals surface area contributed by atoms with Crippen molar-refractivity contribution < 1.29 is 9.18 Å². The molecule has 0 saturated carbocycles. The number of anilines is 2. The molecule has 1 N–H and O–H groups in total. The highest BCUT2D eigenvalue weighted by Gasteiger charge is 2.22. The smallest absolute Gasteiger partial charge is 0.321 e. The van der Waals surface area contributed by atoms with Crippen molar-refractivity contribution in [3.05, 3.63) is 59.2 Å². The maximum atomic E-state index is 13.0. The maximum absolute atomic E-state index is 13.0. The lowest BCUT2D eigenvalue weighted by Crippen LogP contribution is -2.50. The highest BCUT2D eigenvalue weighted by Crippen LogP contribution is 2.18. The van der Waals surface area contributed by atoms with E-state index in [1.54, 1.807) is 21.7 Å². The van der Waals surface area contributed by atoms with Crippen LogP contribution in [0.4, 0.5) is 20.7 Å². The fourth-order valence-corrected chi connectivity index (χ4v) is 3.42. The molecule has 8 nitrogen and oxygen atoms in total. The highest BCUT2D eigenvalue weighted by molar-refractivity contribution is 5.89. The summed E-state index contributed by atoms with van der Waals surface area (Å²) in [6, 6.07) is 9.39. The van der Waals surface area contributed by atoms with E-state index >= 15 is 0 Å². The Morgan fingerprint density at radius 2 is 1.57 bits per heavy atom. The number of hydrogen-bond acceptors (Lipinski definition) is 5. The second-order valence-corrected chi connectivity index (χ2v) is 7.37. The fraction of sp³-hybridized carbons (Fsp3) is 0.333. The van der Waals surface area contributed by atoms with Crippen LogP contribution < -0.4 is 10.2 Å². The Hall–Kier alpha value is -3.49. The van der Waals surface area contributed by atoms with Crippen LogP contribution in [0.25, 0.3) is 5.82 Å². The van der Waals surface area contributed by atoms with Crippen LogP contribution >= 0.6 is 0 Å². The molecule has 0 bridgehead atoms. The van der Waals surface area contributed by atoms with E-state index in [1.807, 2.05) is 32.9 Å². The van der Waals surface area contributed by atoms with Crippen molar-refractivity contribution in [1.82, 2.24) is 24.9 Å². The van der Waals surface area contributed by atoms with Gasteiger partial charge in [0.2, 0.25) is 0 Å². The van der Waals surface area contributed by atoms with Gasteiger partial charge in [-0.05, 0) is 62.7 Å². The van der Waals surface area contributed by atoms with Gasteiger partial charge in [0.1, 0.15) is 5.82 Å². The molecule has 0 aliphatic carbocycles. The summed E-state index contributed by atoms with van der Waals surface area (Å²) >= 11 is 0. The molecule has 30 heavy (non-hydrogen) atoms. The van der Waals surface area contributed by atoms with Gasteiger partial charge in [-0.2, -0.15) is 5.10 Å². The van der Waals surface area contributed by atoms with Crippen molar-refractivity contribution in [3.63, 3.8) is 0 Å². The topological polar surface area (TPSA) is 79.2 Å². The summed E-state index contributed by atoms with van der Waals surface area (Å²) < 4.78 is 14.8. The Morgan fingerprint density at radius 3 is 2.13 bits per heavy atom. The van der Waals surface area contributed by atoms with Gasteiger partial charge in [0.05, 0.1) is 5.69 Å². The number of carbonyl (C=O) groups excluding carboxylic acids is 1. The first-order valence-corrected chi connectivity index (χ1v) is 9.86. The Bertz CT molecular complexity index is 1040. The zero-order valence-corrected chi connectivity index (χ0v) is 17.3. The molecule has 2 amide bonds. The molecular weight excluding hydrogens is 385 g/mol. The van der Waals surface area contributed by atoms with E-state index in [0.29, 0.717) is 37.7 Å². The first kappa shape index (κ1) is 19.8. The molecule has 1 aromatic carbocycles. The van der Waals surface area contributed by atoms with Crippen LogP contribution in [0.2, 0.25) is 0 Å². The van der Waals surface area contributed by atoms with Gasteiger partial charge in [0, 0.05) is 37.6 Å². The Balaban J connectivity index is 1.36. The molecule has 0 atom stereocenters. The van der Waals surface area contributed by atoms with E-state index < -0.39 is 0 Å². The fourth-order valence-electron chi connectivity index (χ4n) is 3.42. The summed E-state index contributed by atoms with van der Waals surface area (Å²) in [6.45, 7) is 8.48. The highest BCUT2D eigenvalue weighted by atomic mass is 19.1. The first-order chi connectivity index (χ1) is 14.4. The third-order valence-corrected chi connectivity index (χ3v) is 5.49. The molecular formula is C21H24FN7O. The minimum absolute atomic E-state index is 0.192. The minimum atomic E-state index is -0.332. The van der Waals surface area contributed by atoms with E-state index in [4.69, 9.17) is 0 Å². The number of nitrogens with one attached hydrogen (secondary N) is 1. The normalized spacial score (nSPS) is 14.1. The average Bonchev–Trinajstić information content (AvgIpc) is 3.03. The van der Waals surface area contributed by atoms with Gasteiger partial charge in [0.15, 0.2) is 11.6 Å². The first-order valence-electron chi connectivity index (χ1n) is 9.86. The van der Waals surface area contributed by atoms with Crippen molar-refractivity contribution in [3.8, 4) is 5.82 Å². The Kier molecular flexibility index (Phi) is 5.35. The molecule has 2 aromatic heterocycles. The summed E-state index contributed by atoms with van der Waals surface area (Å²) in [5, 5.41) is 16.0. The van der Waals surface area contributed by atoms with Crippen LogP contribution in [0.1, 0.15) is 17.0 Å². The molecule has 1 aliphatic heterocycles. The molecule has 3 heterocycles. The van der Waals surface area contributed by atoms with Gasteiger partial charge in [0.25, 0.3) is 0 Å². The van der Waals surface area contributed by atoms with Gasteiger partial charge in [-0.15, -0.1) is 10.2 Å². The SMILES string of the molecule is Cc1nn(-c2ccc(N3CCN(C(=O)Nc4ccc(F)cc4)CC3)nn2)c(C)c1C. The van der Waals surface area contributed by atoms with Gasteiger partial charge in [-0.3, -0.25) is 0 Å². The van der Waals surface area contributed by atoms with Crippen molar-refractivity contribution in [2.45, 2.75) is 20.8 Å². The summed E-state index contributed by atoms with van der Waals surface area (Å²) in [5.74, 6) is 1.13. The molecule has 0 radical (unpaired) electrons. The molecule has 0 spiro atoms. The van der Waals surface area contributed by atoms with E-state index in [9.17, 15) is 9.18 Å². The predicted octanol–water partition coefficient (Wildman–Crippen LogP) is 3.08. The number of nitrogens with zero attached hydrogens (tertiary/aromatic N) is 6. The summed E-state index contributed by atoms with van der Waals surface area (Å²) in [4.78, 5) is 16.3. The number of urea groups is 1. The quantitative estimate of drug-likeness (QED) is 0.719. The molecule has 1 saturated heterocycles. The maximum Gasteiger partial charge on any atom is 0.321 e. The van der Waals surface area contributed by atoms with Crippen LogP contribution in [-0.4, -0.2) is 57.1 Å². The molecule has 156 valence electrons. The van der Waals surface area contributed by atoms with E-state index in [1.165, 1.54) is 12.1 Å². The Morgan fingerprint density at radius 1 is 0.933 bits per heavy atom. The van der Waals surface area contributed by atoms with E-state index in [2.05, 4.69) is 25.5 Å². The zero-order valence-electron chi connectivity index (χ0n) is 17.3. The molecule has 9 heteroatoms. The van der Waals surface area contributed by atoms with Gasteiger partial charge >= 0.3 is 6.03 Å². The van der Waals surface area contributed by atoms with Crippen molar-refractivity contribution in [2.24, 2.45) is 0 Å². The third-order valence-electron chi connectivity index (χ3n) is 5.49. The summed E-state index contributed by atoms with van der Waals surface area (Å²) in [6.07, 6.45) is 0. The molecule has 1 fully saturated rings. The van der Waals surface area contributed by atoms with Gasteiger partial charge in [-0.25, -0.2) is 13.9 Å². The number of aromatic nitrogens is 4. The monoisotopic (exact) mass is 409 g/mol.